The number of anilines is 1. The molecule has 5 nitrogen and oxygen atoms in total. The predicted molar refractivity (Wildman–Crippen MR) is 68.8 cm³/mol. The summed E-state index contributed by atoms with van der Waals surface area (Å²) in [5, 5.41) is 0.170. The lowest BCUT2D eigenvalue weighted by Crippen LogP contribution is -2.45. The zero-order valence-corrected chi connectivity index (χ0v) is 10.9. The molecule has 2 rings (SSSR count). The lowest BCUT2D eigenvalue weighted by atomic mass is 10.1. The summed E-state index contributed by atoms with van der Waals surface area (Å²) in [7, 11) is 4.05. The molecule has 1 atom stereocenters. The van der Waals surface area contributed by atoms with Gasteiger partial charge in [-0.05, 0) is 26.4 Å². The second kappa shape index (κ2) is 5.06. The number of H-pyrrole nitrogens is 1. The number of hydrogen-bond donors (Lipinski definition) is 1. The van der Waals surface area contributed by atoms with Gasteiger partial charge in [0.2, 0.25) is 0 Å². The summed E-state index contributed by atoms with van der Waals surface area (Å²) >= 11 is 5.98. The Hall–Kier alpha value is -1.07. The summed E-state index contributed by atoms with van der Waals surface area (Å²) in [5.74, 6) is 0.565. The number of nitrogens with one attached hydrogen (secondary N) is 1. The SMILES string of the molecule is CN1CCCC(N(C)c2nc[nH]c(=O)c2Cl)C1. The molecule has 1 N–H and O–H groups in total. The Labute approximate surface area is 105 Å². The number of hydrogen-bond acceptors (Lipinski definition) is 4. The zero-order valence-electron chi connectivity index (χ0n) is 10.1. The first-order valence-electron chi connectivity index (χ1n) is 5.74. The average Bonchev–Trinajstić information content (AvgIpc) is 2.32. The highest BCUT2D eigenvalue weighted by Crippen LogP contribution is 2.22. The fourth-order valence-corrected chi connectivity index (χ4v) is 2.48. The van der Waals surface area contributed by atoms with Gasteiger partial charge in [0.1, 0.15) is 5.02 Å². The van der Waals surface area contributed by atoms with Gasteiger partial charge in [-0.3, -0.25) is 4.79 Å². The molecule has 1 unspecified atom stereocenters. The van der Waals surface area contributed by atoms with Crippen LogP contribution in [0, 0.1) is 0 Å². The van der Waals surface area contributed by atoms with Crippen LogP contribution in [-0.4, -0.2) is 48.1 Å². The summed E-state index contributed by atoms with van der Waals surface area (Å²) < 4.78 is 0. The van der Waals surface area contributed by atoms with Gasteiger partial charge in [0.15, 0.2) is 5.82 Å². The van der Waals surface area contributed by atoms with Gasteiger partial charge in [-0.2, -0.15) is 0 Å². The van der Waals surface area contributed by atoms with Crippen LogP contribution in [0.2, 0.25) is 5.02 Å². The van der Waals surface area contributed by atoms with Crippen molar-refractivity contribution >= 4 is 17.4 Å². The van der Waals surface area contributed by atoms with Crippen LogP contribution in [0.4, 0.5) is 5.82 Å². The van der Waals surface area contributed by atoms with Crippen molar-refractivity contribution in [2.75, 3.05) is 32.1 Å². The molecule has 1 aromatic heterocycles. The summed E-state index contributed by atoms with van der Waals surface area (Å²) in [4.78, 5) is 22.3. The molecule has 94 valence electrons. The van der Waals surface area contributed by atoms with Gasteiger partial charge in [-0.15, -0.1) is 0 Å². The molecule has 0 spiro atoms. The Bertz CT molecular complexity index is 447. The minimum Gasteiger partial charge on any atom is -0.354 e. The van der Waals surface area contributed by atoms with E-state index in [9.17, 15) is 4.79 Å². The Kier molecular flexibility index (Phi) is 3.69. The van der Waals surface area contributed by atoms with E-state index < -0.39 is 0 Å². The first-order valence-corrected chi connectivity index (χ1v) is 6.12. The number of aromatic amines is 1. The molecule has 1 aliphatic heterocycles. The number of likely N-dealkylation sites (tertiary alicyclic amines) is 1. The van der Waals surface area contributed by atoms with Gasteiger partial charge in [0.25, 0.3) is 5.56 Å². The highest BCUT2D eigenvalue weighted by molar-refractivity contribution is 6.32. The highest BCUT2D eigenvalue weighted by atomic mass is 35.5. The van der Waals surface area contributed by atoms with Gasteiger partial charge in [0, 0.05) is 19.6 Å². The smallest absolute Gasteiger partial charge is 0.271 e. The first-order chi connectivity index (χ1) is 8.09. The fourth-order valence-electron chi connectivity index (χ4n) is 2.25. The van der Waals surface area contributed by atoms with E-state index in [1.807, 2.05) is 11.9 Å². The van der Waals surface area contributed by atoms with Gasteiger partial charge < -0.3 is 14.8 Å². The van der Waals surface area contributed by atoms with E-state index >= 15 is 0 Å². The lowest BCUT2D eigenvalue weighted by Gasteiger charge is -2.36. The fraction of sp³-hybridized carbons (Fsp3) is 0.636. The van der Waals surface area contributed by atoms with Crippen LogP contribution in [-0.2, 0) is 0 Å². The van der Waals surface area contributed by atoms with E-state index in [0.29, 0.717) is 11.9 Å². The molecular formula is C11H17ClN4O. The maximum absolute atomic E-state index is 11.4. The van der Waals surface area contributed by atoms with Crippen molar-refractivity contribution in [1.29, 1.82) is 0 Å². The summed E-state index contributed by atoms with van der Waals surface area (Å²) in [5.41, 5.74) is -0.285. The quantitative estimate of drug-likeness (QED) is 0.856. The van der Waals surface area contributed by atoms with Gasteiger partial charge in [0.05, 0.1) is 6.33 Å². The number of aromatic nitrogens is 2. The first kappa shape index (κ1) is 12.4. The molecule has 0 saturated carbocycles. The average molecular weight is 257 g/mol. The van der Waals surface area contributed by atoms with Crippen molar-refractivity contribution in [2.45, 2.75) is 18.9 Å². The van der Waals surface area contributed by atoms with Crippen LogP contribution in [0.25, 0.3) is 0 Å². The third-order valence-electron chi connectivity index (χ3n) is 3.26. The Morgan fingerprint density at radius 3 is 3.12 bits per heavy atom. The summed E-state index contributed by atoms with van der Waals surface area (Å²) in [6, 6.07) is 0.362. The van der Waals surface area contributed by atoms with Crippen LogP contribution in [0.3, 0.4) is 0 Å². The minimum atomic E-state index is -0.285. The third kappa shape index (κ3) is 2.61. The van der Waals surface area contributed by atoms with Crippen molar-refractivity contribution in [2.24, 2.45) is 0 Å². The monoisotopic (exact) mass is 256 g/mol. The molecule has 1 fully saturated rings. The largest absolute Gasteiger partial charge is 0.354 e. The Balaban J connectivity index is 2.21. The molecular weight excluding hydrogens is 240 g/mol. The van der Waals surface area contributed by atoms with Crippen LogP contribution in [0.15, 0.2) is 11.1 Å². The predicted octanol–water partition coefficient (Wildman–Crippen LogP) is 0.954. The number of nitrogens with zero attached hydrogens (tertiary/aromatic N) is 3. The lowest BCUT2D eigenvalue weighted by molar-refractivity contribution is 0.247. The van der Waals surface area contributed by atoms with Crippen molar-refractivity contribution < 1.29 is 0 Å². The van der Waals surface area contributed by atoms with Crippen molar-refractivity contribution in [3.63, 3.8) is 0 Å². The second-order valence-electron chi connectivity index (χ2n) is 4.54. The van der Waals surface area contributed by atoms with E-state index in [0.717, 1.165) is 25.9 Å². The van der Waals surface area contributed by atoms with Crippen LogP contribution >= 0.6 is 11.6 Å². The molecule has 1 saturated heterocycles. The summed E-state index contributed by atoms with van der Waals surface area (Å²) in [6.07, 6.45) is 3.66. The van der Waals surface area contributed by atoms with Crippen LogP contribution in [0.5, 0.6) is 0 Å². The Morgan fingerprint density at radius 1 is 1.65 bits per heavy atom. The van der Waals surface area contributed by atoms with Gasteiger partial charge in [-0.1, -0.05) is 11.6 Å². The molecule has 0 bridgehead atoms. The van der Waals surface area contributed by atoms with Crippen molar-refractivity contribution in [3.8, 4) is 0 Å². The standard InChI is InChI=1S/C11H17ClN4O/c1-15-5-3-4-8(6-15)16(2)10-9(12)11(17)14-7-13-10/h7-8H,3-6H2,1-2H3,(H,13,14,17). The summed E-state index contributed by atoms with van der Waals surface area (Å²) in [6.45, 7) is 2.10. The molecule has 17 heavy (non-hydrogen) atoms. The molecule has 1 aromatic rings. The van der Waals surface area contributed by atoms with E-state index in [1.165, 1.54) is 6.33 Å². The molecule has 0 amide bonds. The van der Waals surface area contributed by atoms with E-state index in [2.05, 4.69) is 21.9 Å². The number of piperidine rings is 1. The Morgan fingerprint density at radius 2 is 2.41 bits per heavy atom. The van der Waals surface area contributed by atoms with Crippen molar-refractivity contribution in [1.82, 2.24) is 14.9 Å². The molecule has 0 radical (unpaired) electrons. The maximum atomic E-state index is 11.4. The van der Waals surface area contributed by atoms with Crippen LogP contribution in [0.1, 0.15) is 12.8 Å². The van der Waals surface area contributed by atoms with Crippen molar-refractivity contribution in [3.05, 3.63) is 21.7 Å². The van der Waals surface area contributed by atoms with E-state index in [4.69, 9.17) is 11.6 Å². The third-order valence-corrected chi connectivity index (χ3v) is 3.60. The second-order valence-corrected chi connectivity index (χ2v) is 4.92. The molecule has 6 heteroatoms. The molecule has 1 aliphatic rings. The highest BCUT2D eigenvalue weighted by Gasteiger charge is 2.23. The maximum Gasteiger partial charge on any atom is 0.271 e. The number of halogens is 1. The molecule has 2 heterocycles. The zero-order chi connectivity index (χ0) is 12.4. The topological polar surface area (TPSA) is 52.2 Å². The molecule has 0 aromatic carbocycles. The van der Waals surface area contributed by atoms with Gasteiger partial charge >= 0.3 is 0 Å². The normalized spacial score (nSPS) is 21.5. The molecule has 0 aliphatic carbocycles. The van der Waals surface area contributed by atoms with Crippen LogP contribution < -0.4 is 10.5 Å². The number of likely N-dealkylation sites (N-methyl/N-ethyl adjacent to an activating group) is 2. The minimum absolute atomic E-state index is 0.170. The van der Waals surface area contributed by atoms with E-state index in [1.54, 1.807) is 0 Å². The van der Waals surface area contributed by atoms with E-state index in [-0.39, 0.29) is 10.6 Å². The number of rotatable bonds is 2. The van der Waals surface area contributed by atoms with Gasteiger partial charge in [-0.25, -0.2) is 4.98 Å².